The van der Waals surface area contributed by atoms with Crippen LogP contribution in [0.3, 0.4) is 0 Å². The molecule has 0 saturated heterocycles. The molecule has 0 aliphatic carbocycles. The lowest BCUT2D eigenvalue weighted by Gasteiger charge is -2.10. The second-order valence-electron chi connectivity index (χ2n) is 7.70. The molecule has 5 aromatic rings. The van der Waals surface area contributed by atoms with Crippen LogP contribution in [0, 0.1) is 13.8 Å². The molecule has 0 aliphatic heterocycles. The maximum absolute atomic E-state index is 12.7. The molecule has 7 nitrogen and oxygen atoms in total. The van der Waals surface area contributed by atoms with E-state index in [0.717, 1.165) is 37.4 Å². The Morgan fingerprint density at radius 1 is 1.24 bits per heavy atom. The molecular weight excluding hydrogens is 474 g/mol. The lowest BCUT2D eigenvalue weighted by molar-refractivity contribution is -0.115. The summed E-state index contributed by atoms with van der Waals surface area (Å²) in [6.45, 7) is 5.77. The average Bonchev–Trinajstić information content (AvgIpc) is 3.50. The summed E-state index contributed by atoms with van der Waals surface area (Å²) in [5.74, 6) is 0.883. The number of amides is 1. The van der Waals surface area contributed by atoms with E-state index in [1.54, 1.807) is 0 Å². The monoisotopic (exact) mass is 495 g/mol. The van der Waals surface area contributed by atoms with Crippen LogP contribution in [-0.4, -0.2) is 31.1 Å². The lowest BCUT2D eigenvalue weighted by atomic mass is 10.1. The Hall–Kier alpha value is -2.95. The number of anilines is 1. The number of nitrogens with one attached hydrogen (secondary N) is 3. The van der Waals surface area contributed by atoms with Gasteiger partial charge in [-0.1, -0.05) is 18.2 Å². The zero-order chi connectivity index (χ0) is 23.1. The number of thiophene rings is 1. The minimum Gasteiger partial charge on any atom is -0.360 e. The van der Waals surface area contributed by atoms with E-state index in [0.29, 0.717) is 22.1 Å². The molecule has 1 aromatic carbocycles. The minimum atomic E-state index is -0.335. The summed E-state index contributed by atoms with van der Waals surface area (Å²) in [7, 11) is 0. The van der Waals surface area contributed by atoms with E-state index in [1.165, 1.54) is 34.4 Å². The number of hydrogen-bond donors (Lipinski definition) is 3. The summed E-state index contributed by atoms with van der Waals surface area (Å²) >= 11 is 4.34. The van der Waals surface area contributed by atoms with Gasteiger partial charge in [0.1, 0.15) is 10.7 Å². The second-order valence-corrected chi connectivity index (χ2v) is 11.1. The van der Waals surface area contributed by atoms with Crippen molar-refractivity contribution in [2.75, 3.05) is 5.32 Å². The highest BCUT2D eigenvalue weighted by atomic mass is 32.2. The Bertz CT molecular complexity index is 1540. The van der Waals surface area contributed by atoms with Gasteiger partial charge in [-0.2, -0.15) is 0 Å². The fourth-order valence-corrected chi connectivity index (χ4v) is 6.11. The van der Waals surface area contributed by atoms with Crippen molar-refractivity contribution in [2.24, 2.45) is 0 Å². The van der Waals surface area contributed by atoms with Gasteiger partial charge in [0.15, 0.2) is 5.13 Å². The molecule has 1 atom stereocenters. The maximum atomic E-state index is 12.7. The Kier molecular flexibility index (Phi) is 5.81. The number of H-pyrrole nitrogens is 2. The number of fused-ring (bicyclic) bond motifs is 2. The smallest absolute Gasteiger partial charge is 0.259 e. The van der Waals surface area contributed by atoms with Crippen LogP contribution < -0.4 is 10.9 Å². The number of para-hydroxylation sites is 1. The Morgan fingerprint density at radius 2 is 2.06 bits per heavy atom. The van der Waals surface area contributed by atoms with Gasteiger partial charge in [-0.3, -0.25) is 9.59 Å². The summed E-state index contributed by atoms with van der Waals surface area (Å²) < 4.78 is 0. The van der Waals surface area contributed by atoms with Crippen LogP contribution in [0.2, 0.25) is 0 Å². The average molecular weight is 496 g/mol. The maximum Gasteiger partial charge on any atom is 0.259 e. The summed E-state index contributed by atoms with van der Waals surface area (Å²) in [4.78, 5) is 42.3. The Morgan fingerprint density at radius 3 is 2.91 bits per heavy atom. The number of rotatable bonds is 6. The molecule has 0 radical (unpaired) electrons. The molecule has 0 saturated carbocycles. The molecule has 0 bridgehead atoms. The van der Waals surface area contributed by atoms with Crippen LogP contribution in [0.15, 0.2) is 40.6 Å². The number of aromatic amines is 2. The van der Waals surface area contributed by atoms with Gasteiger partial charge in [0.05, 0.1) is 22.1 Å². The largest absolute Gasteiger partial charge is 0.360 e. The van der Waals surface area contributed by atoms with Crippen LogP contribution in [0.1, 0.15) is 23.2 Å². The topological polar surface area (TPSA) is 104 Å². The van der Waals surface area contributed by atoms with Gasteiger partial charge in [-0.05, 0) is 32.4 Å². The summed E-state index contributed by atoms with van der Waals surface area (Å²) in [5, 5.41) is 6.83. The van der Waals surface area contributed by atoms with E-state index < -0.39 is 0 Å². The van der Waals surface area contributed by atoms with E-state index in [1.807, 2.05) is 56.6 Å². The highest BCUT2D eigenvalue weighted by molar-refractivity contribution is 7.99. The van der Waals surface area contributed by atoms with Gasteiger partial charge < -0.3 is 15.3 Å². The van der Waals surface area contributed by atoms with Gasteiger partial charge in [-0.15, -0.1) is 34.4 Å². The molecule has 3 N–H and O–H groups in total. The zero-order valence-corrected chi connectivity index (χ0v) is 20.6. The number of carbonyl (C=O) groups excluding carboxylic acids is 1. The molecular formula is C23H21N5O2S3. The first-order valence-corrected chi connectivity index (χ1v) is 13.1. The third kappa shape index (κ3) is 4.21. The van der Waals surface area contributed by atoms with E-state index in [-0.39, 0.29) is 16.7 Å². The molecule has 33 heavy (non-hydrogen) atoms. The first-order valence-electron chi connectivity index (χ1n) is 10.3. The van der Waals surface area contributed by atoms with Crippen LogP contribution in [0.5, 0.6) is 0 Å². The number of aryl methyl sites for hydroxylation is 2. The quantitative estimate of drug-likeness (QED) is 0.290. The molecule has 1 amide bonds. The molecule has 1 unspecified atom stereocenters. The summed E-state index contributed by atoms with van der Waals surface area (Å²) in [6, 6.07) is 8.05. The second kappa shape index (κ2) is 8.77. The van der Waals surface area contributed by atoms with Crippen molar-refractivity contribution in [3.8, 4) is 11.3 Å². The first kappa shape index (κ1) is 21.9. The Labute approximate surface area is 201 Å². The highest BCUT2D eigenvalue weighted by Crippen LogP contribution is 2.31. The number of aromatic nitrogens is 4. The fraction of sp³-hybridized carbons (Fsp3) is 0.217. The van der Waals surface area contributed by atoms with Crippen molar-refractivity contribution in [3.05, 3.63) is 62.5 Å². The van der Waals surface area contributed by atoms with E-state index in [4.69, 9.17) is 0 Å². The first-order chi connectivity index (χ1) is 15.9. The molecule has 10 heteroatoms. The van der Waals surface area contributed by atoms with Gasteiger partial charge in [-0.25, -0.2) is 9.97 Å². The third-order valence-corrected chi connectivity index (χ3v) is 8.54. The lowest BCUT2D eigenvalue weighted by Crippen LogP contribution is -2.23. The van der Waals surface area contributed by atoms with E-state index in [2.05, 4.69) is 25.3 Å². The molecule has 0 aliphatic rings. The van der Waals surface area contributed by atoms with Crippen molar-refractivity contribution in [1.29, 1.82) is 0 Å². The molecule has 168 valence electrons. The van der Waals surface area contributed by atoms with Crippen LogP contribution in [-0.2, 0) is 10.5 Å². The number of nitrogens with zero attached hydrogens (tertiary/aromatic N) is 2. The number of carbonyl (C=O) groups is 1. The van der Waals surface area contributed by atoms with Crippen molar-refractivity contribution < 1.29 is 4.79 Å². The van der Waals surface area contributed by atoms with Crippen molar-refractivity contribution in [1.82, 2.24) is 19.9 Å². The minimum absolute atomic E-state index is 0.123. The van der Waals surface area contributed by atoms with Gasteiger partial charge in [0, 0.05) is 32.9 Å². The SMILES string of the molecule is Cc1sc2nc(CSC(C)C(=O)Nc3nc(-c4c[nH]c5ccccc45)cs3)[nH]c(=O)c2c1C. The molecule has 4 aromatic heterocycles. The summed E-state index contributed by atoms with van der Waals surface area (Å²) in [5.41, 5.74) is 3.74. The predicted octanol–water partition coefficient (Wildman–Crippen LogP) is 5.47. The van der Waals surface area contributed by atoms with Crippen molar-refractivity contribution in [3.63, 3.8) is 0 Å². The van der Waals surface area contributed by atoms with Crippen LogP contribution in [0.25, 0.3) is 32.4 Å². The van der Waals surface area contributed by atoms with E-state index in [9.17, 15) is 9.59 Å². The Balaban J connectivity index is 1.25. The van der Waals surface area contributed by atoms with Crippen LogP contribution >= 0.6 is 34.4 Å². The van der Waals surface area contributed by atoms with Gasteiger partial charge in [0.25, 0.3) is 5.56 Å². The zero-order valence-electron chi connectivity index (χ0n) is 18.2. The van der Waals surface area contributed by atoms with Gasteiger partial charge >= 0.3 is 0 Å². The number of hydrogen-bond acceptors (Lipinski definition) is 7. The number of thiazole rings is 1. The molecule has 4 heterocycles. The highest BCUT2D eigenvalue weighted by Gasteiger charge is 2.18. The summed E-state index contributed by atoms with van der Waals surface area (Å²) in [6.07, 6.45) is 1.94. The van der Waals surface area contributed by atoms with Crippen LogP contribution in [0.4, 0.5) is 5.13 Å². The number of benzene rings is 1. The van der Waals surface area contributed by atoms with Crippen molar-refractivity contribution in [2.45, 2.75) is 31.8 Å². The van der Waals surface area contributed by atoms with E-state index >= 15 is 0 Å². The molecule has 0 fully saturated rings. The standard InChI is InChI=1S/C23H21N5O2S3/c1-11-12(2)33-22-19(11)21(30)26-18(27-22)10-31-13(3)20(29)28-23-25-17(9-32-23)15-8-24-16-7-5-4-6-14(15)16/h4-9,13,24H,10H2,1-3H3,(H,25,28,29)(H,26,27,30). The van der Waals surface area contributed by atoms with Crippen molar-refractivity contribution >= 4 is 66.6 Å². The van der Waals surface area contributed by atoms with Gasteiger partial charge in [0.2, 0.25) is 5.91 Å². The number of thioether (sulfide) groups is 1. The predicted molar refractivity (Wildman–Crippen MR) is 139 cm³/mol. The molecule has 5 rings (SSSR count). The molecule has 0 spiro atoms. The third-order valence-electron chi connectivity index (χ3n) is 5.53. The normalized spacial score (nSPS) is 12.5. The fourth-order valence-electron chi connectivity index (χ4n) is 3.59.